The number of hydrogen-bond donors (Lipinski definition) is 0. The Morgan fingerprint density at radius 2 is 1.88 bits per heavy atom. The predicted molar refractivity (Wildman–Crippen MR) is 50.5 cm³/mol. The number of carbonyl (C=O) groups excluding carboxylic acids is 1. The first-order valence-electron chi connectivity index (χ1n) is 4.31. The predicted octanol–water partition coefficient (Wildman–Crippen LogP) is 3.60. The van der Waals surface area contributed by atoms with Crippen molar-refractivity contribution < 1.29 is 22.4 Å². The Kier molecular flexibility index (Phi) is 3.16. The average molecular weight is 232 g/mol. The normalized spacial score (nSPS) is 11.3. The summed E-state index contributed by atoms with van der Waals surface area (Å²) in [5.74, 6) is -2.37. The molecule has 0 saturated heterocycles. The molecule has 0 aliphatic carbocycles. The number of benzene rings is 1. The summed E-state index contributed by atoms with van der Waals surface area (Å²) >= 11 is 0. The van der Waals surface area contributed by atoms with Crippen molar-refractivity contribution >= 4 is 5.78 Å². The van der Waals surface area contributed by atoms with Crippen LogP contribution < -0.4 is 0 Å². The molecule has 0 atom stereocenters. The summed E-state index contributed by atoms with van der Waals surface area (Å²) in [7, 11) is 0. The minimum Gasteiger partial charge on any atom is -0.289 e. The Bertz CT molecular complexity index is 446. The molecule has 1 aromatic rings. The van der Waals surface area contributed by atoms with Crippen LogP contribution in [-0.2, 0) is 6.18 Å². The summed E-state index contributed by atoms with van der Waals surface area (Å²) in [5, 5.41) is 0. The zero-order valence-electron chi connectivity index (χ0n) is 8.36. The maximum Gasteiger partial charge on any atom is 0.419 e. The van der Waals surface area contributed by atoms with E-state index in [4.69, 9.17) is 0 Å². The Morgan fingerprint density at radius 3 is 2.31 bits per heavy atom. The lowest BCUT2D eigenvalue weighted by molar-refractivity contribution is -0.140. The minimum absolute atomic E-state index is 0.0731. The largest absolute Gasteiger partial charge is 0.419 e. The highest BCUT2D eigenvalue weighted by molar-refractivity contribution is 6.09. The molecule has 0 aliphatic rings. The third-order valence-electron chi connectivity index (χ3n) is 1.93. The molecule has 0 fully saturated rings. The summed E-state index contributed by atoms with van der Waals surface area (Å²) in [5.41, 5.74) is -2.32. The molecular formula is C11H8F4O. The van der Waals surface area contributed by atoms with Gasteiger partial charge in [-0.3, -0.25) is 4.79 Å². The van der Waals surface area contributed by atoms with Crippen molar-refractivity contribution in [3.05, 3.63) is 47.3 Å². The zero-order valence-corrected chi connectivity index (χ0v) is 8.36. The van der Waals surface area contributed by atoms with E-state index in [1.807, 2.05) is 0 Å². The molecule has 86 valence electrons. The highest BCUT2D eigenvalue weighted by Crippen LogP contribution is 2.34. The molecule has 0 saturated carbocycles. The molecule has 16 heavy (non-hydrogen) atoms. The molecule has 0 aliphatic heterocycles. The fraction of sp³-hybridized carbons (Fsp3) is 0.182. The number of carbonyl (C=O) groups is 1. The molecule has 5 heteroatoms. The van der Waals surface area contributed by atoms with Crippen LogP contribution in [0.1, 0.15) is 22.8 Å². The third-order valence-corrected chi connectivity index (χ3v) is 1.93. The van der Waals surface area contributed by atoms with Crippen LogP contribution in [0.25, 0.3) is 0 Å². The lowest BCUT2D eigenvalue weighted by Crippen LogP contribution is -2.15. The average Bonchev–Trinajstić information content (AvgIpc) is 2.14. The number of Topliss-reactive ketones (excluding diaryl/α,β-unsaturated/α-hetero) is 1. The van der Waals surface area contributed by atoms with E-state index >= 15 is 0 Å². The quantitative estimate of drug-likeness (QED) is 0.432. The number of hydrogen-bond acceptors (Lipinski definition) is 1. The highest BCUT2D eigenvalue weighted by Gasteiger charge is 2.38. The Labute approximate surface area is 89.4 Å². The second-order valence-corrected chi connectivity index (χ2v) is 3.27. The first kappa shape index (κ1) is 12.4. The summed E-state index contributed by atoms with van der Waals surface area (Å²) < 4.78 is 50.6. The molecule has 0 spiro atoms. The zero-order chi connectivity index (χ0) is 12.5. The first-order valence-corrected chi connectivity index (χ1v) is 4.31. The van der Waals surface area contributed by atoms with Crippen LogP contribution in [0.4, 0.5) is 17.6 Å². The van der Waals surface area contributed by atoms with Gasteiger partial charge < -0.3 is 0 Å². The van der Waals surface area contributed by atoms with Gasteiger partial charge in [0.25, 0.3) is 0 Å². The van der Waals surface area contributed by atoms with Crippen molar-refractivity contribution in [2.24, 2.45) is 0 Å². The van der Waals surface area contributed by atoms with E-state index < -0.39 is 28.9 Å². The molecule has 0 N–H and O–H groups in total. The van der Waals surface area contributed by atoms with Gasteiger partial charge in [-0.2, -0.15) is 13.2 Å². The Morgan fingerprint density at radius 1 is 1.31 bits per heavy atom. The molecule has 0 unspecified atom stereocenters. The molecule has 1 nitrogen and oxygen atoms in total. The van der Waals surface area contributed by atoms with Crippen LogP contribution in [0.2, 0.25) is 0 Å². The molecule has 0 amide bonds. The summed E-state index contributed by atoms with van der Waals surface area (Å²) in [6.45, 7) is 4.52. The smallest absolute Gasteiger partial charge is 0.289 e. The number of alkyl halides is 3. The van der Waals surface area contributed by atoms with Gasteiger partial charge in [-0.05, 0) is 18.6 Å². The minimum atomic E-state index is -4.90. The van der Waals surface area contributed by atoms with E-state index in [0.29, 0.717) is 6.07 Å². The maximum absolute atomic E-state index is 13.1. The van der Waals surface area contributed by atoms with Crippen LogP contribution in [0.15, 0.2) is 30.4 Å². The van der Waals surface area contributed by atoms with E-state index in [1.165, 1.54) is 6.92 Å². The molecule has 0 aromatic heterocycles. The Hall–Kier alpha value is -1.65. The standard InChI is InChI=1S/C11H8F4O/c1-6(2)10(16)7-4-3-5-8(12)9(7)11(13,14)15/h3-5H,1H2,2H3. The summed E-state index contributed by atoms with van der Waals surface area (Å²) in [4.78, 5) is 11.4. The van der Waals surface area contributed by atoms with Crippen LogP contribution in [-0.4, -0.2) is 5.78 Å². The SMILES string of the molecule is C=C(C)C(=O)c1cccc(F)c1C(F)(F)F. The van der Waals surface area contributed by atoms with Crippen molar-refractivity contribution in [2.45, 2.75) is 13.1 Å². The fourth-order valence-electron chi connectivity index (χ4n) is 1.23. The summed E-state index contributed by atoms with van der Waals surface area (Å²) in [6, 6.07) is 2.65. The molecular weight excluding hydrogens is 224 g/mol. The number of halogens is 4. The second kappa shape index (κ2) is 4.08. The molecule has 0 radical (unpaired) electrons. The molecule has 1 rings (SSSR count). The third kappa shape index (κ3) is 2.29. The van der Waals surface area contributed by atoms with E-state index in [1.54, 1.807) is 0 Å². The van der Waals surface area contributed by atoms with Gasteiger partial charge in [0, 0.05) is 5.56 Å². The number of ketones is 1. The molecule has 1 aromatic carbocycles. The fourth-order valence-corrected chi connectivity index (χ4v) is 1.23. The summed E-state index contributed by atoms with van der Waals surface area (Å²) in [6.07, 6.45) is -4.90. The van der Waals surface area contributed by atoms with Crippen molar-refractivity contribution in [1.29, 1.82) is 0 Å². The van der Waals surface area contributed by atoms with Crippen LogP contribution in [0.5, 0.6) is 0 Å². The lowest BCUT2D eigenvalue weighted by atomic mass is 9.99. The lowest BCUT2D eigenvalue weighted by Gasteiger charge is -2.12. The first-order chi connectivity index (χ1) is 7.25. The Balaban J connectivity index is 3.46. The number of rotatable bonds is 2. The topological polar surface area (TPSA) is 17.1 Å². The van der Waals surface area contributed by atoms with E-state index in [-0.39, 0.29) is 5.57 Å². The monoisotopic (exact) mass is 232 g/mol. The van der Waals surface area contributed by atoms with Gasteiger partial charge in [0.1, 0.15) is 11.4 Å². The van der Waals surface area contributed by atoms with E-state index in [9.17, 15) is 22.4 Å². The van der Waals surface area contributed by atoms with Crippen LogP contribution in [0, 0.1) is 5.82 Å². The van der Waals surface area contributed by atoms with Crippen LogP contribution in [0.3, 0.4) is 0 Å². The molecule has 0 heterocycles. The van der Waals surface area contributed by atoms with Gasteiger partial charge >= 0.3 is 6.18 Å². The molecule has 0 bridgehead atoms. The van der Waals surface area contributed by atoms with Crippen molar-refractivity contribution in [2.75, 3.05) is 0 Å². The van der Waals surface area contributed by atoms with Gasteiger partial charge in [-0.1, -0.05) is 18.7 Å². The van der Waals surface area contributed by atoms with Gasteiger partial charge in [-0.15, -0.1) is 0 Å². The van der Waals surface area contributed by atoms with Crippen molar-refractivity contribution in [3.63, 3.8) is 0 Å². The van der Waals surface area contributed by atoms with Crippen molar-refractivity contribution in [1.82, 2.24) is 0 Å². The number of allylic oxidation sites excluding steroid dienone is 1. The van der Waals surface area contributed by atoms with Gasteiger partial charge in [-0.25, -0.2) is 4.39 Å². The van der Waals surface area contributed by atoms with E-state index in [2.05, 4.69) is 6.58 Å². The maximum atomic E-state index is 13.1. The van der Waals surface area contributed by atoms with E-state index in [0.717, 1.165) is 12.1 Å². The van der Waals surface area contributed by atoms with Crippen molar-refractivity contribution in [3.8, 4) is 0 Å². The van der Waals surface area contributed by atoms with Gasteiger partial charge in [0.15, 0.2) is 5.78 Å². The van der Waals surface area contributed by atoms with Gasteiger partial charge in [0.2, 0.25) is 0 Å². The second-order valence-electron chi connectivity index (χ2n) is 3.27. The highest BCUT2D eigenvalue weighted by atomic mass is 19.4. The van der Waals surface area contributed by atoms with Crippen LogP contribution >= 0.6 is 0 Å². The van der Waals surface area contributed by atoms with Gasteiger partial charge in [0.05, 0.1) is 0 Å².